The molecule has 0 radical (unpaired) electrons. The second-order valence-corrected chi connectivity index (χ2v) is 5.68. The van der Waals surface area contributed by atoms with E-state index in [1.54, 1.807) is 6.20 Å². The maximum atomic E-state index is 12.7. The maximum Gasteiger partial charge on any atom is 0.232 e. The fourth-order valence-corrected chi connectivity index (χ4v) is 2.85. The van der Waals surface area contributed by atoms with E-state index in [1.165, 1.54) is 0 Å². The van der Waals surface area contributed by atoms with Crippen LogP contribution in [0, 0.1) is 5.41 Å². The summed E-state index contributed by atoms with van der Waals surface area (Å²) < 4.78 is 0. The van der Waals surface area contributed by atoms with Crippen LogP contribution in [0.15, 0.2) is 18.3 Å². The van der Waals surface area contributed by atoms with Crippen LogP contribution in [0.2, 0.25) is 0 Å². The van der Waals surface area contributed by atoms with Crippen molar-refractivity contribution in [2.24, 2.45) is 5.41 Å². The van der Waals surface area contributed by atoms with Gasteiger partial charge in [-0.05, 0) is 31.5 Å². The molecule has 0 aliphatic carbocycles. The lowest BCUT2D eigenvalue weighted by molar-refractivity contribution is -0.125. The first-order valence-electron chi connectivity index (χ1n) is 7.23. The van der Waals surface area contributed by atoms with Gasteiger partial charge < -0.3 is 15.5 Å². The Kier molecular flexibility index (Phi) is 4.60. The first kappa shape index (κ1) is 14.8. The lowest BCUT2D eigenvalue weighted by Gasteiger charge is -2.27. The Bertz CT molecular complexity index is 467. The molecule has 2 rings (SSSR count). The van der Waals surface area contributed by atoms with Gasteiger partial charge in [-0.3, -0.25) is 4.79 Å². The van der Waals surface area contributed by atoms with Gasteiger partial charge in [-0.1, -0.05) is 13.3 Å². The van der Waals surface area contributed by atoms with Gasteiger partial charge in [0.25, 0.3) is 0 Å². The van der Waals surface area contributed by atoms with Gasteiger partial charge in [-0.25, -0.2) is 4.98 Å². The van der Waals surface area contributed by atoms with Crippen LogP contribution in [0.3, 0.4) is 0 Å². The number of anilines is 2. The summed E-state index contributed by atoms with van der Waals surface area (Å²) in [5.74, 6) is 0.902. The van der Waals surface area contributed by atoms with Crippen molar-refractivity contribution < 1.29 is 4.79 Å². The summed E-state index contributed by atoms with van der Waals surface area (Å²) in [5.41, 5.74) is 0.513. The van der Waals surface area contributed by atoms with E-state index in [-0.39, 0.29) is 11.3 Å². The Morgan fingerprint density at radius 1 is 1.55 bits per heavy atom. The zero-order valence-electron chi connectivity index (χ0n) is 12.6. The highest BCUT2D eigenvalue weighted by molar-refractivity contribution is 5.97. The van der Waals surface area contributed by atoms with Gasteiger partial charge in [0.1, 0.15) is 0 Å². The summed E-state index contributed by atoms with van der Waals surface area (Å²) in [6.45, 7) is 3.81. The molecule has 2 heterocycles. The number of hydrogen-bond donors (Lipinski definition) is 2. The van der Waals surface area contributed by atoms with E-state index in [0.29, 0.717) is 0 Å². The van der Waals surface area contributed by atoms with Gasteiger partial charge in [0, 0.05) is 26.8 Å². The van der Waals surface area contributed by atoms with Crippen molar-refractivity contribution in [3.63, 3.8) is 0 Å². The molecule has 5 nitrogen and oxygen atoms in total. The number of amides is 1. The Labute approximate surface area is 120 Å². The van der Waals surface area contributed by atoms with E-state index in [9.17, 15) is 4.79 Å². The van der Waals surface area contributed by atoms with E-state index >= 15 is 0 Å². The number of carbonyl (C=O) groups is 1. The largest absolute Gasteiger partial charge is 0.361 e. The predicted molar refractivity (Wildman–Crippen MR) is 82.0 cm³/mol. The zero-order chi connectivity index (χ0) is 14.6. The van der Waals surface area contributed by atoms with Crippen LogP contribution in [0.5, 0.6) is 0 Å². The molecular weight excluding hydrogens is 252 g/mol. The highest BCUT2D eigenvalue weighted by Gasteiger charge is 2.40. The van der Waals surface area contributed by atoms with E-state index in [4.69, 9.17) is 0 Å². The number of pyridine rings is 1. The molecule has 1 saturated heterocycles. The van der Waals surface area contributed by atoms with Crippen molar-refractivity contribution in [3.05, 3.63) is 18.3 Å². The standard InChI is InChI=1S/C15H24N4O/c1-4-7-15(8-10-16-11-15)14(20)18-12-6-5-9-17-13(12)19(2)3/h5-6,9,16H,4,7-8,10-11H2,1-3H3,(H,18,20). The summed E-state index contributed by atoms with van der Waals surface area (Å²) in [6, 6.07) is 3.75. The summed E-state index contributed by atoms with van der Waals surface area (Å²) in [5, 5.41) is 6.39. The van der Waals surface area contributed by atoms with Gasteiger partial charge in [0.15, 0.2) is 5.82 Å². The Morgan fingerprint density at radius 3 is 2.95 bits per heavy atom. The smallest absolute Gasteiger partial charge is 0.232 e. The van der Waals surface area contributed by atoms with Crippen LogP contribution in [0.1, 0.15) is 26.2 Å². The number of nitrogens with zero attached hydrogens (tertiary/aromatic N) is 2. The van der Waals surface area contributed by atoms with Crippen LogP contribution in [-0.2, 0) is 4.79 Å². The molecule has 20 heavy (non-hydrogen) atoms. The Balaban J connectivity index is 2.18. The molecule has 1 aliphatic rings. The van der Waals surface area contributed by atoms with Gasteiger partial charge in [-0.2, -0.15) is 0 Å². The van der Waals surface area contributed by atoms with Crippen molar-refractivity contribution in [3.8, 4) is 0 Å². The van der Waals surface area contributed by atoms with Crippen molar-refractivity contribution in [2.45, 2.75) is 26.2 Å². The minimum Gasteiger partial charge on any atom is -0.361 e. The fourth-order valence-electron chi connectivity index (χ4n) is 2.85. The average Bonchev–Trinajstić information content (AvgIpc) is 2.89. The minimum absolute atomic E-state index is 0.112. The van der Waals surface area contributed by atoms with E-state index in [1.807, 2.05) is 31.1 Å². The molecule has 0 aromatic carbocycles. The third-order valence-electron chi connectivity index (χ3n) is 3.91. The number of carbonyl (C=O) groups excluding carboxylic acids is 1. The average molecular weight is 276 g/mol. The predicted octanol–water partition coefficient (Wildman–Crippen LogP) is 1.87. The molecule has 5 heteroatoms. The third kappa shape index (κ3) is 2.93. The molecule has 1 fully saturated rings. The topological polar surface area (TPSA) is 57.3 Å². The molecular formula is C15H24N4O. The van der Waals surface area contributed by atoms with Gasteiger partial charge >= 0.3 is 0 Å². The Hall–Kier alpha value is -1.62. The maximum absolute atomic E-state index is 12.7. The number of rotatable bonds is 5. The lowest BCUT2D eigenvalue weighted by Crippen LogP contribution is -2.38. The molecule has 1 amide bonds. The zero-order valence-corrected chi connectivity index (χ0v) is 12.6. The molecule has 0 spiro atoms. The molecule has 2 N–H and O–H groups in total. The van der Waals surface area contributed by atoms with Crippen molar-refractivity contribution in [2.75, 3.05) is 37.4 Å². The first-order valence-corrected chi connectivity index (χ1v) is 7.23. The summed E-state index contributed by atoms with van der Waals surface area (Å²) in [6.07, 6.45) is 4.58. The van der Waals surface area contributed by atoms with Crippen molar-refractivity contribution in [1.82, 2.24) is 10.3 Å². The molecule has 0 bridgehead atoms. The molecule has 1 aliphatic heterocycles. The summed E-state index contributed by atoms with van der Waals surface area (Å²) in [7, 11) is 3.86. The van der Waals surface area contributed by atoms with Crippen molar-refractivity contribution >= 4 is 17.4 Å². The van der Waals surface area contributed by atoms with Gasteiger partial charge in [0.2, 0.25) is 5.91 Å². The number of hydrogen-bond acceptors (Lipinski definition) is 4. The third-order valence-corrected chi connectivity index (χ3v) is 3.91. The van der Waals surface area contributed by atoms with E-state index < -0.39 is 0 Å². The van der Waals surface area contributed by atoms with Crippen LogP contribution < -0.4 is 15.5 Å². The SMILES string of the molecule is CCCC1(C(=O)Nc2cccnc2N(C)C)CCNC1. The monoisotopic (exact) mass is 276 g/mol. The first-order chi connectivity index (χ1) is 9.59. The van der Waals surface area contributed by atoms with Crippen LogP contribution in [-0.4, -0.2) is 38.1 Å². The second kappa shape index (κ2) is 6.22. The Morgan fingerprint density at radius 2 is 2.35 bits per heavy atom. The number of nitrogens with one attached hydrogen (secondary N) is 2. The van der Waals surface area contributed by atoms with E-state index in [2.05, 4.69) is 22.5 Å². The molecule has 1 atom stereocenters. The quantitative estimate of drug-likeness (QED) is 0.862. The van der Waals surface area contributed by atoms with Crippen LogP contribution >= 0.6 is 0 Å². The van der Waals surface area contributed by atoms with Gasteiger partial charge in [0.05, 0.1) is 11.1 Å². The van der Waals surface area contributed by atoms with E-state index in [0.717, 1.165) is 43.9 Å². The van der Waals surface area contributed by atoms with Crippen LogP contribution in [0.25, 0.3) is 0 Å². The second-order valence-electron chi connectivity index (χ2n) is 5.68. The number of aromatic nitrogens is 1. The fraction of sp³-hybridized carbons (Fsp3) is 0.600. The summed E-state index contributed by atoms with van der Waals surface area (Å²) >= 11 is 0. The summed E-state index contributed by atoms with van der Waals surface area (Å²) in [4.78, 5) is 18.9. The van der Waals surface area contributed by atoms with Gasteiger partial charge in [-0.15, -0.1) is 0 Å². The lowest BCUT2D eigenvalue weighted by atomic mass is 9.81. The highest BCUT2D eigenvalue weighted by atomic mass is 16.2. The molecule has 110 valence electrons. The van der Waals surface area contributed by atoms with Crippen LogP contribution in [0.4, 0.5) is 11.5 Å². The molecule has 1 aromatic rings. The molecule has 1 unspecified atom stereocenters. The van der Waals surface area contributed by atoms with Crippen molar-refractivity contribution in [1.29, 1.82) is 0 Å². The molecule has 0 saturated carbocycles. The molecule has 1 aromatic heterocycles. The highest BCUT2D eigenvalue weighted by Crippen LogP contribution is 2.33. The minimum atomic E-state index is -0.270. The normalized spacial score (nSPS) is 21.8.